The third kappa shape index (κ3) is 3.11. The molecule has 2 aromatic heterocycles. The number of nitrogens with zero attached hydrogens (tertiary/aromatic N) is 3. The first-order valence-corrected chi connectivity index (χ1v) is 8.31. The lowest BCUT2D eigenvalue weighted by molar-refractivity contribution is 0.0949. The molecule has 0 radical (unpaired) electrons. The number of hydrazone groups is 1. The third-order valence-corrected chi connectivity index (χ3v) is 4.44. The van der Waals surface area contributed by atoms with Gasteiger partial charge in [0, 0.05) is 21.7 Å². The zero-order valence-electron chi connectivity index (χ0n) is 13.3. The Kier molecular flexibility index (Phi) is 4.52. The maximum atomic E-state index is 12.4. The molecule has 3 rings (SSSR count). The SMILES string of the molecule is CCn1nc(C(=O)N/N=C\c2ccc(C)s2)c2ccccc2c1=O. The van der Waals surface area contributed by atoms with Crippen molar-refractivity contribution in [3.8, 4) is 0 Å². The van der Waals surface area contributed by atoms with Crippen molar-refractivity contribution in [2.24, 2.45) is 5.10 Å². The zero-order valence-corrected chi connectivity index (χ0v) is 14.1. The first kappa shape index (κ1) is 16.1. The second kappa shape index (κ2) is 6.76. The summed E-state index contributed by atoms with van der Waals surface area (Å²) in [5.41, 5.74) is 2.46. The van der Waals surface area contributed by atoms with Crippen LogP contribution in [-0.2, 0) is 6.54 Å². The predicted molar refractivity (Wildman–Crippen MR) is 95.8 cm³/mol. The molecule has 0 saturated heterocycles. The van der Waals surface area contributed by atoms with E-state index in [1.807, 2.05) is 26.0 Å². The molecule has 2 heterocycles. The van der Waals surface area contributed by atoms with Gasteiger partial charge in [-0.1, -0.05) is 18.2 Å². The van der Waals surface area contributed by atoms with Gasteiger partial charge in [0.15, 0.2) is 5.69 Å². The molecule has 1 N–H and O–H groups in total. The summed E-state index contributed by atoms with van der Waals surface area (Å²) in [5.74, 6) is -0.446. The number of hydrogen-bond donors (Lipinski definition) is 1. The number of aromatic nitrogens is 2. The second-order valence-electron chi connectivity index (χ2n) is 5.16. The Morgan fingerprint density at radius 2 is 2.04 bits per heavy atom. The molecule has 0 spiro atoms. The minimum atomic E-state index is -0.446. The molecule has 0 fully saturated rings. The van der Waals surface area contributed by atoms with Gasteiger partial charge in [-0.2, -0.15) is 10.2 Å². The summed E-state index contributed by atoms with van der Waals surface area (Å²) in [6, 6.07) is 10.9. The van der Waals surface area contributed by atoms with E-state index in [9.17, 15) is 9.59 Å². The Balaban J connectivity index is 1.93. The maximum absolute atomic E-state index is 12.4. The van der Waals surface area contributed by atoms with Crippen LogP contribution in [-0.4, -0.2) is 21.9 Å². The van der Waals surface area contributed by atoms with E-state index in [2.05, 4.69) is 15.6 Å². The minimum Gasteiger partial charge on any atom is -0.267 e. The standard InChI is InChI=1S/C17H16N4O2S/c1-3-21-17(23)14-7-5-4-6-13(14)15(20-21)16(22)19-18-10-12-9-8-11(2)24-12/h4-10H,3H2,1-2H3,(H,19,22)/b18-10-. The van der Waals surface area contributed by atoms with Crippen LogP contribution in [0, 0.1) is 6.92 Å². The van der Waals surface area contributed by atoms with Crippen LogP contribution in [0.1, 0.15) is 27.2 Å². The number of rotatable bonds is 4. The summed E-state index contributed by atoms with van der Waals surface area (Å²) in [5, 5.41) is 9.13. The zero-order chi connectivity index (χ0) is 17.1. The van der Waals surface area contributed by atoms with Gasteiger partial charge >= 0.3 is 0 Å². The van der Waals surface area contributed by atoms with Gasteiger partial charge in [-0.05, 0) is 32.0 Å². The number of nitrogens with one attached hydrogen (secondary N) is 1. The quantitative estimate of drug-likeness (QED) is 0.586. The van der Waals surface area contributed by atoms with E-state index in [1.165, 1.54) is 9.56 Å². The van der Waals surface area contributed by atoms with Gasteiger partial charge in [-0.15, -0.1) is 11.3 Å². The van der Waals surface area contributed by atoms with Gasteiger partial charge in [0.2, 0.25) is 0 Å². The number of aryl methyl sites for hydroxylation is 2. The van der Waals surface area contributed by atoms with Gasteiger partial charge in [-0.25, -0.2) is 10.1 Å². The molecule has 24 heavy (non-hydrogen) atoms. The van der Waals surface area contributed by atoms with E-state index >= 15 is 0 Å². The number of thiophene rings is 1. The van der Waals surface area contributed by atoms with Gasteiger partial charge in [0.1, 0.15) is 0 Å². The van der Waals surface area contributed by atoms with E-state index < -0.39 is 5.91 Å². The van der Waals surface area contributed by atoms with E-state index in [4.69, 9.17) is 0 Å². The Bertz CT molecular complexity index is 988. The molecule has 3 aromatic rings. The number of benzene rings is 1. The fourth-order valence-electron chi connectivity index (χ4n) is 2.35. The highest BCUT2D eigenvalue weighted by Gasteiger charge is 2.15. The molecular weight excluding hydrogens is 324 g/mol. The first-order valence-electron chi connectivity index (χ1n) is 7.50. The lowest BCUT2D eigenvalue weighted by atomic mass is 10.1. The van der Waals surface area contributed by atoms with Crippen LogP contribution in [0.25, 0.3) is 10.8 Å². The van der Waals surface area contributed by atoms with Gasteiger partial charge < -0.3 is 0 Å². The highest BCUT2D eigenvalue weighted by atomic mass is 32.1. The van der Waals surface area contributed by atoms with Gasteiger partial charge in [0.05, 0.1) is 11.6 Å². The van der Waals surface area contributed by atoms with Crippen molar-refractivity contribution in [2.45, 2.75) is 20.4 Å². The summed E-state index contributed by atoms with van der Waals surface area (Å²) in [7, 11) is 0. The van der Waals surface area contributed by atoms with Crippen LogP contribution in [0.4, 0.5) is 0 Å². The Hall–Kier alpha value is -2.80. The number of fused-ring (bicyclic) bond motifs is 1. The van der Waals surface area contributed by atoms with E-state index in [1.54, 1.807) is 41.8 Å². The molecule has 1 amide bonds. The van der Waals surface area contributed by atoms with Crippen molar-refractivity contribution in [2.75, 3.05) is 0 Å². The van der Waals surface area contributed by atoms with Crippen LogP contribution >= 0.6 is 11.3 Å². The third-order valence-electron chi connectivity index (χ3n) is 3.50. The van der Waals surface area contributed by atoms with Gasteiger partial charge in [0.25, 0.3) is 11.5 Å². The smallest absolute Gasteiger partial charge is 0.267 e. The van der Waals surface area contributed by atoms with Gasteiger partial charge in [-0.3, -0.25) is 9.59 Å². The number of hydrogen-bond acceptors (Lipinski definition) is 5. The van der Waals surface area contributed by atoms with Crippen molar-refractivity contribution < 1.29 is 4.79 Å². The molecule has 0 atom stereocenters. The fourth-order valence-corrected chi connectivity index (χ4v) is 3.10. The summed E-state index contributed by atoms with van der Waals surface area (Å²) in [6.45, 7) is 4.20. The predicted octanol–water partition coefficient (Wildman–Crippen LogP) is 2.55. The molecule has 0 aliphatic rings. The molecule has 6 nitrogen and oxygen atoms in total. The summed E-state index contributed by atoms with van der Waals surface area (Å²) < 4.78 is 1.28. The average Bonchev–Trinajstić information content (AvgIpc) is 3.00. The van der Waals surface area contributed by atoms with E-state index in [0.29, 0.717) is 17.3 Å². The van der Waals surface area contributed by atoms with Crippen LogP contribution in [0.15, 0.2) is 46.3 Å². The lowest BCUT2D eigenvalue weighted by Crippen LogP contribution is -2.28. The molecule has 122 valence electrons. The fraction of sp³-hybridized carbons (Fsp3) is 0.176. The molecule has 1 aromatic carbocycles. The van der Waals surface area contributed by atoms with E-state index in [0.717, 1.165) is 4.88 Å². The Morgan fingerprint density at radius 1 is 1.29 bits per heavy atom. The molecule has 7 heteroatoms. The molecule has 0 aliphatic heterocycles. The summed E-state index contributed by atoms with van der Waals surface area (Å²) in [6.07, 6.45) is 1.59. The second-order valence-corrected chi connectivity index (χ2v) is 6.48. The largest absolute Gasteiger partial charge is 0.292 e. The molecule has 0 unspecified atom stereocenters. The summed E-state index contributed by atoms with van der Waals surface area (Å²) in [4.78, 5) is 26.8. The topological polar surface area (TPSA) is 76.3 Å². The van der Waals surface area contributed by atoms with Crippen molar-refractivity contribution in [3.05, 3.63) is 62.2 Å². The number of carbonyl (C=O) groups excluding carboxylic acids is 1. The molecule has 0 bridgehead atoms. The van der Waals surface area contributed by atoms with Crippen molar-refractivity contribution in [1.29, 1.82) is 0 Å². The van der Waals surface area contributed by atoms with Crippen molar-refractivity contribution in [1.82, 2.24) is 15.2 Å². The summed E-state index contributed by atoms with van der Waals surface area (Å²) >= 11 is 1.58. The molecular formula is C17H16N4O2S. The van der Waals surface area contributed by atoms with Crippen LogP contribution in [0.3, 0.4) is 0 Å². The highest BCUT2D eigenvalue weighted by molar-refractivity contribution is 7.13. The number of amides is 1. The average molecular weight is 340 g/mol. The van der Waals surface area contributed by atoms with Crippen LogP contribution in [0.5, 0.6) is 0 Å². The van der Waals surface area contributed by atoms with E-state index in [-0.39, 0.29) is 11.3 Å². The minimum absolute atomic E-state index is 0.187. The normalized spacial score (nSPS) is 11.2. The maximum Gasteiger partial charge on any atom is 0.292 e. The van der Waals surface area contributed by atoms with Crippen molar-refractivity contribution in [3.63, 3.8) is 0 Å². The van der Waals surface area contributed by atoms with Crippen molar-refractivity contribution >= 4 is 34.2 Å². The van der Waals surface area contributed by atoms with Crippen LogP contribution < -0.4 is 11.0 Å². The first-order chi connectivity index (χ1) is 11.6. The van der Waals surface area contributed by atoms with Crippen LogP contribution in [0.2, 0.25) is 0 Å². The Morgan fingerprint density at radius 3 is 2.71 bits per heavy atom. The number of carbonyl (C=O) groups is 1. The molecule has 0 saturated carbocycles. The molecule has 0 aliphatic carbocycles. The lowest BCUT2D eigenvalue weighted by Gasteiger charge is -2.08. The highest BCUT2D eigenvalue weighted by Crippen LogP contribution is 2.14. The Labute approximate surface area is 142 Å². The monoisotopic (exact) mass is 340 g/mol.